The number of nitrogens with one attached hydrogen (secondary N) is 1. The highest BCUT2D eigenvalue weighted by molar-refractivity contribution is 6.18. The molecule has 13 heteroatoms. The second kappa shape index (κ2) is 19.9. The molecule has 3 N–H and O–H groups in total. The number of ether oxygens (including phenoxy) is 4. The number of unbranched alkanes of at least 4 members (excludes halogenated alkanes) is 2. The number of rotatable bonds is 18. The molecule has 2 amide bonds. The number of amides is 2. The van der Waals surface area contributed by atoms with Crippen LogP contribution in [0.15, 0.2) is 78.0 Å². The van der Waals surface area contributed by atoms with E-state index in [2.05, 4.69) is 18.0 Å². The molecule has 0 bridgehead atoms. The third kappa shape index (κ3) is 10.2. The molecule has 1 fully saturated rings. The number of carbonyl (C=O) groups excluding carboxylic acids is 2. The summed E-state index contributed by atoms with van der Waals surface area (Å²) in [6, 6.07) is 14.2. The van der Waals surface area contributed by atoms with Gasteiger partial charge in [-0.05, 0) is 87.6 Å². The van der Waals surface area contributed by atoms with Gasteiger partial charge in [0.15, 0.2) is 0 Å². The number of hydrogen-bond donors (Lipinski definition) is 3. The first kappa shape index (κ1) is 43.0. The predicted molar refractivity (Wildman–Crippen MR) is 215 cm³/mol. The van der Waals surface area contributed by atoms with Gasteiger partial charge in [-0.2, -0.15) is 0 Å². The fourth-order valence-corrected chi connectivity index (χ4v) is 8.33. The number of likely N-dealkylation sites (N-methyl/N-ethyl adjacent to an activating group) is 1. The summed E-state index contributed by atoms with van der Waals surface area (Å²) in [7, 11) is 1.66. The van der Waals surface area contributed by atoms with Crippen LogP contribution in [0.1, 0.15) is 82.8 Å². The second-order valence-corrected chi connectivity index (χ2v) is 16.0. The minimum absolute atomic E-state index is 0.00236. The molecule has 306 valence electrons. The number of nitrogens with zero attached hydrogens (tertiary/aromatic N) is 2. The van der Waals surface area contributed by atoms with Gasteiger partial charge >= 0.3 is 12.2 Å². The summed E-state index contributed by atoms with van der Waals surface area (Å²) in [5.41, 5.74) is 2.72. The van der Waals surface area contributed by atoms with E-state index in [1.807, 2.05) is 57.2 Å². The maximum absolute atomic E-state index is 13.7. The molecule has 0 unspecified atom stereocenters. The van der Waals surface area contributed by atoms with Crippen molar-refractivity contribution in [1.29, 1.82) is 0 Å². The molecular weight excluding hydrogens is 738 g/mol. The molecule has 6 atom stereocenters. The van der Waals surface area contributed by atoms with Crippen LogP contribution in [0, 0.1) is 17.8 Å². The Bertz CT molecular complexity index is 1700. The fourth-order valence-electron chi connectivity index (χ4n) is 8.25. The Morgan fingerprint density at radius 1 is 1.09 bits per heavy atom. The van der Waals surface area contributed by atoms with Crippen LogP contribution in [-0.4, -0.2) is 89.8 Å². The average Bonchev–Trinajstić information content (AvgIpc) is 3.18. The lowest BCUT2D eigenvalue weighted by atomic mass is 9.55. The van der Waals surface area contributed by atoms with E-state index in [0.29, 0.717) is 36.6 Å². The largest absolute Gasteiger partial charge is 0.459 e. The molecule has 5 rings (SSSR count). The molecule has 56 heavy (non-hydrogen) atoms. The molecular formula is C43H58ClN3O9. The van der Waals surface area contributed by atoms with Crippen molar-refractivity contribution in [3.63, 3.8) is 0 Å². The highest BCUT2D eigenvalue weighted by Crippen LogP contribution is 2.61. The molecule has 0 aromatic heterocycles. The summed E-state index contributed by atoms with van der Waals surface area (Å²) >= 11 is 5.92. The standard InChI is InChI=1S/C43H58ClN3O9/c1-6-23-53-43-37(47(5)41(51)52-24-20-44)27-35(46-56-42(2,3)4)33-25-30(16-10-12-21-48)32(17-11-13-22-49)38(39(33)43)34-26-31(18-19-36(34)55-43)54-40(50)45-28-29-14-8-7-9-15-29/h6-9,14-15,18-19,25-26,30,32,37-39,48-49H,1,10-13,16-17,20-24,27-28H2,2-5H3,(H,45,50)/t30-,32+,37-,38+,39+,43+/m0/s1. The number of aliphatic hydroxyl groups excluding tert-OH is 2. The number of carbonyl (C=O) groups is 2. The first-order chi connectivity index (χ1) is 27.0. The van der Waals surface area contributed by atoms with E-state index in [1.54, 1.807) is 25.3 Å². The molecule has 0 radical (unpaired) electrons. The summed E-state index contributed by atoms with van der Waals surface area (Å²) < 4.78 is 25.4. The minimum atomic E-state index is -1.44. The van der Waals surface area contributed by atoms with Crippen LogP contribution >= 0.6 is 11.6 Å². The van der Waals surface area contributed by atoms with Gasteiger partial charge in [0, 0.05) is 44.7 Å². The van der Waals surface area contributed by atoms with E-state index in [1.165, 1.54) is 4.90 Å². The summed E-state index contributed by atoms with van der Waals surface area (Å²) in [6.45, 7) is 10.3. The van der Waals surface area contributed by atoms with Crippen LogP contribution in [0.25, 0.3) is 0 Å². The Balaban J connectivity index is 1.69. The molecule has 1 saturated carbocycles. The average molecular weight is 796 g/mol. The SMILES string of the molecule is C=CCO[C@@]12Oc3ccc(OC(=O)NCc4ccccc4)cc3[C@H]3[C@H](CCCCO)[C@@H](CCCCO)C=C(C(=NOC(C)(C)C)C[C@@H]1N(C)C(=O)OCCCl)[C@H]32. The maximum Gasteiger partial charge on any atom is 0.412 e. The predicted octanol–water partition coefficient (Wildman–Crippen LogP) is 7.71. The van der Waals surface area contributed by atoms with E-state index in [0.717, 1.165) is 42.4 Å². The van der Waals surface area contributed by atoms with E-state index in [9.17, 15) is 19.8 Å². The number of allylic oxidation sites excluding steroid dienone is 1. The molecule has 2 aliphatic carbocycles. The van der Waals surface area contributed by atoms with Crippen molar-refractivity contribution in [2.75, 3.05) is 39.4 Å². The summed E-state index contributed by atoms with van der Waals surface area (Å²) in [5, 5.41) is 27.3. The number of aliphatic hydroxyl groups is 2. The number of hydrogen-bond acceptors (Lipinski definition) is 10. The Morgan fingerprint density at radius 2 is 1.82 bits per heavy atom. The molecule has 0 spiro atoms. The lowest BCUT2D eigenvalue weighted by molar-refractivity contribution is -0.253. The third-order valence-electron chi connectivity index (χ3n) is 10.6. The van der Waals surface area contributed by atoms with Crippen LogP contribution < -0.4 is 14.8 Å². The van der Waals surface area contributed by atoms with Gasteiger partial charge in [0.1, 0.15) is 29.7 Å². The van der Waals surface area contributed by atoms with Crippen molar-refractivity contribution >= 4 is 29.5 Å². The van der Waals surface area contributed by atoms with Crippen molar-refractivity contribution in [2.45, 2.75) is 95.6 Å². The van der Waals surface area contributed by atoms with Gasteiger partial charge in [-0.3, -0.25) is 0 Å². The quantitative estimate of drug-likeness (QED) is 0.0597. The maximum atomic E-state index is 13.7. The molecule has 2 aromatic rings. The van der Waals surface area contributed by atoms with Crippen LogP contribution in [0.4, 0.5) is 9.59 Å². The smallest absolute Gasteiger partial charge is 0.412 e. The van der Waals surface area contributed by atoms with Crippen molar-refractivity contribution < 1.29 is 43.6 Å². The van der Waals surface area contributed by atoms with Crippen molar-refractivity contribution in [3.05, 3.63) is 84.0 Å². The topological polar surface area (TPSA) is 148 Å². The van der Waals surface area contributed by atoms with Gasteiger partial charge in [-0.15, -0.1) is 18.2 Å². The van der Waals surface area contributed by atoms with Crippen molar-refractivity contribution in [3.8, 4) is 11.5 Å². The Morgan fingerprint density at radius 3 is 2.50 bits per heavy atom. The number of alkyl halides is 1. The van der Waals surface area contributed by atoms with Gasteiger partial charge in [0.05, 0.1) is 24.1 Å². The van der Waals surface area contributed by atoms with E-state index < -0.39 is 35.5 Å². The molecule has 3 aliphatic rings. The highest BCUT2D eigenvalue weighted by atomic mass is 35.5. The molecule has 2 aromatic carbocycles. The van der Waals surface area contributed by atoms with Crippen LogP contribution in [0.2, 0.25) is 0 Å². The van der Waals surface area contributed by atoms with Gasteiger partial charge < -0.3 is 44.2 Å². The van der Waals surface area contributed by atoms with Gasteiger partial charge in [-0.25, -0.2) is 9.59 Å². The lowest BCUT2D eigenvalue weighted by Gasteiger charge is -2.59. The van der Waals surface area contributed by atoms with Gasteiger partial charge in [0.25, 0.3) is 0 Å². The molecule has 0 saturated heterocycles. The van der Waals surface area contributed by atoms with Crippen LogP contribution in [0.5, 0.6) is 11.5 Å². The normalized spacial score (nSPS) is 24.5. The number of oxime groups is 1. The van der Waals surface area contributed by atoms with Crippen molar-refractivity contribution in [1.82, 2.24) is 10.2 Å². The Labute approximate surface area is 335 Å². The van der Waals surface area contributed by atoms with E-state index in [-0.39, 0.29) is 56.5 Å². The minimum Gasteiger partial charge on any atom is -0.459 e. The van der Waals surface area contributed by atoms with Gasteiger partial charge in [-0.1, -0.05) is 60.5 Å². The number of benzene rings is 2. The first-order valence-electron chi connectivity index (χ1n) is 19.7. The van der Waals surface area contributed by atoms with E-state index in [4.69, 9.17) is 40.5 Å². The zero-order valence-electron chi connectivity index (χ0n) is 33.1. The second-order valence-electron chi connectivity index (χ2n) is 15.6. The summed E-state index contributed by atoms with van der Waals surface area (Å²) in [4.78, 5) is 34.4. The highest BCUT2D eigenvalue weighted by Gasteiger charge is 2.65. The molecule has 1 heterocycles. The lowest BCUT2D eigenvalue weighted by Crippen LogP contribution is -2.69. The summed E-state index contributed by atoms with van der Waals surface area (Å²) in [5.74, 6) is -1.18. The zero-order valence-corrected chi connectivity index (χ0v) is 33.8. The van der Waals surface area contributed by atoms with Crippen LogP contribution in [0.3, 0.4) is 0 Å². The first-order valence-corrected chi connectivity index (χ1v) is 20.2. The zero-order chi connectivity index (χ0) is 40.3. The van der Waals surface area contributed by atoms with Gasteiger partial charge in [0.2, 0.25) is 5.79 Å². The monoisotopic (exact) mass is 795 g/mol. The van der Waals surface area contributed by atoms with Crippen molar-refractivity contribution in [2.24, 2.45) is 22.9 Å². The fraction of sp³-hybridized carbons (Fsp3) is 0.558. The van der Waals surface area contributed by atoms with E-state index >= 15 is 0 Å². The third-order valence-corrected chi connectivity index (χ3v) is 10.8. The molecule has 1 aliphatic heterocycles. The van der Waals surface area contributed by atoms with Crippen LogP contribution in [-0.2, 0) is 20.9 Å². The molecule has 12 nitrogen and oxygen atoms in total. The Hall–Kier alpha value is -4.10. The number of fused-ring (bicyclic) bond motifs is 2. The Kier molecular flexibility index (Phi) is 15.3. The number of halogens is 1. The summed E-state index contributed by atoms with van der Waals surface area (Å²) in [6.07, 6.45) is 7.39.